The molecule has 0 radical (unpaired) electrons. The highest BCUT2D eigenvalue weighted by Gasteiger charge is 1.97. The highest BCUT2D eigenvalue weighted by molar-refractivity contribution is 7.99. The van der Waals surface area contributed by atoms with Crippen LogP contribution in [-0.4, -0.2) is 0 Å². The molecule has 0 saturated carbocycles. The van der Waals surface area contributed by atoms with Crippen molar-refractivity contribution < 1.29 is 4.39 Å². The van der Waals surface area contributed by atoms with E-state index in [2.05, 4.69) is 31.2 Å². The summed E-state index contributed by atoms with van der Waals surface area (Å²) in [4.78, 5) is 2.23. The quantitative estimate of drug-likeness (QED) is 0.694. The van der Waals surface area contributed by atoms with Crippen molar-refractivity contribution in [3.63, 3.8) is 0 Å². The van der Waals surface area contributed by atoms with Crippen molar-refractivity contribution in [2.24, 2.45) is 0 Å². The van der Waals surface area contributed by atoms with Crippen molar-refractivity contribution in [3.05, 3.63) is 59.9 Å². The van der Waals surface area contributed by atoms with Crippen LogP contribution < -0.4 is 0 Å². The minimum atomic E-state index is -0.191. The largest absolute Gasteiger partial charge is 0.207 e. The van der Waals surface area contributed by atoms with E-state index in [9.17, 15) is 4.39 Å². The number of benzene rings is 2. The van der Waals surface area contributed by atoms with Crippen LogP contribution in [-0.2, 0) is 0 Å². The van der Waals surface area contributed by atoms with Crippen LogP contribution in [0.3, 0.4) is 0 Å². The van der Waals surface area contributed by atoms with Gasteiger partial charge in [-0.1, -0.05) is 43.3 Å². The van der Waals surface area contributed by atoms with Gasteiger partial charge < -0.3 is 0 Å². The maximum Gasteiger partial charge on any atom is 0.123 e. The summed E-state index contributed by atoms with van der Waals surface area (Å²) in [5.41, 5.74) is 1.25. The van der Waals surface area contributed by atoms with E-state index >= 15 is 0 Å². The Labute approximate surface area is 107 Å². The molecule has 17 heavy (non-hydrogen) atoms. The number of hydrogen-bond donors (Lipinski definition) is 0. The second-order valence-electron chi connectivity index (χ2n) is 3.37. The molecule has 90 valence electrons. The highest BCUT2D eigenvalue weighted by Crippen LogP contribution is 2.27. The van der Waals surface area contributed by atoms with Gasteiger partial charge in [0, 0.05) is 9.79 Å². The molecule has 0 aliphatic heterocycles. The normalized spacial score (nSPS) is 9.41. The van der Waals surface area contributed by atoms with Crippen LogP contribution >= 0.6 is 11.8 Å². The van der Waals surface area contributed by atoms with Gasteiger partial charge >= 0.3 is 0 Å². The molecular formula is C15H17FS. The van der Waals surface area contributed by atoms with E-state index in [0.29, 0.717) is 0 Å². The summed E-state index contributed by atoms with van der Waals surface area (Å²) in [6.45, 7) is 6.06. The molecule has 0 bridgehead atoms. The summed E-state index contributed by atoms with van der Waals surface area (Å²) in [6, 6.07) is 14.8. The molecule has 2 aromatic rings. The fourth-order valence-corrected chi connectivity index (χ4v) is 2.06. The van der Waals surface area contributed by atoms with Gasteiger partial charge in [-0.15, -0.1) is 0 Å². The van der Waals surface area contributed by atoms with Crippen molar-refractivity contribution in [1.29, 1.82) is 0 Å². The van der Waals surface area contributed by atoms with Gasteiger partial charge in [0.2, 0.25) is 0 Å². The minimum absolute atomic E-state index is 0.191. The Morgan fingerprint density at radius 1 is 0.765 bits per heavy atom. The summed E-state index contributed by atoms with van der Waals surface area (Å²) in [5.74, 6) is -0.191. The summed E-state index contributed by atoms with van der Waals surface area (Å²) < 4.78 is 12.7. The molecule has 0 nitrogen and oxygen atoms in total. The van der Waals surface area contributed by atoms with Crippen molar-refractivity contribution >= 4 is 11.8 Å². The zero-order valence-corrected chi connectivity index (χ0v) is 11.2. The van der Waals surface area contributed by atoms with Crippen LogP contribution in [0.1, 0.15) is 19.4 Å². The van der Waals surface area contributed by atoms with Crippen LogP contribution in [0.2, 0.25) is 0 Å². The SMILES string of the molecule is CC.Cc1ccc(Sc2ccc(F)cc2)cc1. The molecule has 0 saturated heterocycles. The standard InChI is InChI=1S/C13H11FS.C2H6/c1-10-2-6-12(7-3-10)15-13-8-4-11(14)5-9-13;1-2/h2-9H,1H3;1-2H3. The molecule has 0 aliphatic carbocycles. The van der Waals surface area contributed by atoms with Gasteiger partial charge in [-0.25, -0.2) is 4.39 Å². The first-order valence-corrected chi connectivity index (χ1v) is 6.56. The van der Waals surface area contributed by atoms with Crippen LogP contribution in [0.4, 0.5) is 4.39 Å². The van der Waals surface area contributed by atoms with E-state index in [4.69, 9.17) is 0 Å². The van der Waals surface area contributed by atoms with E-state index in [1.807, 2.05) is 13.8 Å². The monoisotopic (exact) mass is 248 g/mol. The van der Waals surface area contributed by atoms with Crippen LogP contribution in [0.5, 0.6) is 0 Å². The summed E-state index contributed by atoms with van der Waals surface area (Å²) in [7, 11) is 0. The fourth-order valence-electron chi connectivity index (χ4n) is 1.25. The van der Waals surface area contributed by atoms with Crippen LogP contribution in [0.25, 0.3) is 0 Å². The van der Waals surface area contributed by atoms with Gasteiger partial charge in [0.05, 0.1) is 0 Å². The van der Waals surface area contributed by atoms with E-state index in [1.165, 1.54) is 22.6 Å². The first-order valence-electron chi connectivity index (χ1n) is 5.74. The summed E-state index contributed by atoms with van der Waals surface area (Å²) >= 11 is 1.64. The van der Waals surface area contributed by atoms with Gasteiger partial charge in [0.1, 0.15) is 5.82 Å². The number of aryl methyl sites for hydroxylation is 1. The molecule has 2 aromatic carbocycles. The first kappa shape index (κ1) is 13.8. The van der Waals surface area contributed by atoms with Crippen molar-refractivity contribution in [1.82, 2.24) is 0 Å². The van der Waals surface area contributed by atoms with E-state index in [-0.39, 0.29) is 5.82 Å². The lowest BCUT2D eigenvalue weighted by Crippen LogP contribution is -1.76. The predicted octanol–water partition coefficient (Wildman–Crippen LogP) is 5.31. The molecular weight excluding hydrogens is 231 g/mol. The van der Waals surface area contributed by atoms with E-state index in [1.54, 1.807) is 23.9 Å². The second-order valence-corrected chi connectivity index (χ2v) is 4.52. The molecule has 0 fully saturated rings. The third-order valence-electron chi connectivity index (χ3n) is 2.07. The number of hydrogen-bond acceptors (Lipinski definition) is 1. The Bertz CT molecular complexity index is 388. The average molecular weight is 248 g/mol. The summed E-state index contributed by atoms with van der Waals surface area (Å²) in [5, 5.41) is 0. The van der Waals surface area contributed by atoms with Gasteiger partial charge in [0.15, 0.2) is 0 Å². The third-order valence-corrected chi connectivity index (χ3v) is 3.09. The highest BCUT2D eigenvalue weighted by atomic mass is 32.2. The first-order chi connectivity index (χ1) is 8.24. The minimum Gasteiger partial charge on any atom is -0.207 e. The molecule has 0 N–H and O–H groups in total. The van der Waals surface area contributed by atoms with Gasteiger partial charge in [-0.3, -0.25) is 0 Å². The van der Waals surface area contributed by atoms with Crippen LogP contribution in [0.15, 0.2) is 58.3 Å². The van der Waals surface area contributed by atoms with Crippen molar-refractivity contribution in [3.8, 4) is 0 Å². The average Bonchev–Trinajstić information content (AvgIpc) is 2.37. The molecule has 0 atom stereocenters. The van der Waals surface area contributed by atoms with Gasteiger partial charge in [-0.05, 0) is 43.3 Å². The molecule has 0 heterocycles. The zero-order valence-electron chi connectivity index (χ0n) is 10.4. The smallest absolute Gasteiger partial charge is 0.123 e. The maximum atomic E-state index is 12.7. The second kappa shape index (κ2) is 7.13. The Hall–Kier alpha value is -1.28. The number of rotatable bonds is 2. The molecule has 0 aromatic heterocycles. The Morgan fingerprint density at radius 3 is 1.65 bits per heavy atom. The molecule has 2 rings (SSSR count). The van der Waals surface area contributed by atoms with Gasteiger partial charge in [0.25, 0.3) is 0 Å². The molecule has 0 aliphatic rings. The predicted molar refractivity (Wildman–Crippen MR) is 73.1 cm³/mol. The van der Waals surface area contributed by atoms with Gasteiger partial charge in [-0.2, -0.15) is 0 Å². The topological polar surface area (TPSA) is 0 Å². The molecule has 2 heteroatoms. The fraction of sp³-hybridized carbons (Fsp3) is 0.200. The Kier molecular flexibility index (Phi) is 5.78. The lowest BCUT2D eigenvalue weighted by molar-refractivity contribution is 0.626. The molecule has 0 spiro atoms. The maximum absolute atomic E-state index is 12.7. The zero-order chi connectivity index (χ0) is 12.7. The van der Waals surface area contributed by atoms with E-state index in [0.717, 1.165) is 4.90 Å². The lowest BCUT2D eigenvalue weighted by atomic mass is 10.2. The third kappa shape index (κ3) is 4.61. The molecule has 0 amide bonds. The lowest BCUT2D eigenvalue weighted by Gasteiger charge is -2.01. The number of halogens is 1. The van der Waals surface area contributed by atoms with Crippen molar-refractivity contribution in [2.75, 3.05) is 0 Å². The Morgan fingerprint density at radius 2 is 1.18 bits per heavy atom. The summed E-state index contributed by atoms with van der Waals surface area (Å²) in [6.07, 6.45) is 0. The van der Waals surface area contributed by atoms with Crippen molar-refractivity contribution in [2.45, 2.75) is 30.6 Å². The molecule has 0 unspecified atom stereocenters. The Balaban J connectivity index is 0.000000686. The van der Waals surface area contributed by atoms with E-state index < -0.39 is 0 Å². The van der Waals surface area contributed by atoms with Crippen LogP contribution in [0, 0.1) is 12.7 Å².